The number of aromatic hydroxyl groups is 1. The van der Waals surface area contributed by atoms with Gasteiger partial charge in [-0.2, -0.15) is 0 Å². The molecule has 1 heterocycles. The van der Waals surface area contributed by atoms with E-state index in [1.807, 2.05) is 0 Å². The van der Waals surface area contributed by atoms with Gasteiger partial charge in [0.2, 0.25) is 0 Å². The van der Waals surface area contributed by atoms with Crippen molar-refractivity contribution in [1.82, 2.24) is 4.98 Å². The van der Waals surface area contributed by atoms with Crippen LogP contribution in [0.25, 0.3) is 11.1 Å². The highest BCUT2D eigenvalue weighted by molar-refractivity contribution is 5.85. The Kier molecular flexibility index (Phi) is 3.63. The van der Waals surface area contributed by atoms with E-state index < -0.39 is 0 Å². The van der Waals surface area contributed by atoms with Crippen molar-refractivity contribution in [1.29, 1.82) is 0 Å². The highest BCUT2D eigenvalue weighted by Gasteiger charge is 2.03. The maximum atomic E-state index is 13.3. The van der Waals surface area contributed by atoms with Gasteiger partial charge < -0.3 is 5.11 Å². The van der Waals surface area contributed by atoms with Crippen LogP contribution in [0.5, 0.6) is 5.75 Å². The molecule has 1 aromatic carbocycles. The van der Waals surface area contributed by atoms with E-state index in [4.69, 9.17) is 5.11 Å². The van der Waals surface area contributed by atoms with Gasteiger partial charge in [0, 0.05) is 11.8 Å². The lowest BCUT2D eigenvalue weighted by Gasteiger charge is -2.02. The summed E-state index contributed by atoms with van der Waals surface area (Å²) in [5, 5.41) is 9.07. The lowest BCUT2D eigenvalue weighted by molar-refractivity contribution is 0.475. The predicted molar refractivity (Wildman–Crippen MR) is 58.5 cm³/mol. The fourth-order valence-electron chi connectivity index (χ4n) is 1.25. The van der Waals surface area contributed by atoms with Crippen molar-refractivity contribution in [2.24, 2.45) is 0 Å². The van der Waals surface area contributed by atoms with E-state index in [1.54, 1.807) is 18.2 Å². The molecule has 0 amide bonds. The molecule has 0 saturated carbocycles. The molecule has 2 rings (SSSR count). The lowest BCUT2D eigenvalue weighted by atomic mass is 10.1. The Labute approximate surface area is 92.8 Å². The van der Waals surface area contributed by atoms with E-state index in [2.05, 4.69) is 4.98 Å². The van der Waals surface area contributed by atoms with Crippen molar-refractivity contribution in [3.63, 3.8) is 0 Å². The van der Waals surface area contributed by atoms with Crippen molar-refractivity contribution in [3.8, 4) is 16.9 Å². The van der Waals surface area contributed by atoms with Crippen LogP contribution in [0.3, 0.4) is 0 Å². The Morgan fingerprint density at radius 1 is 1.07 bits per heavy atom. The van der Waals surface area contributed by atoms with Crippen LogP contribution in [0.2, 0.25) is 0 Å². The molecule has 0 radical (unpaired) electrons. The summed E-state index contributed by atoms with van der Waals surface area (Å²) in [6.07, 6.45) is 2.70. The monoisotopic (exact) mass is 225 g/mol. The van der Waals surface area contributed by atoms with Crippen LogP contribution in [0.15, 0.2) is 42.7 Å². The molecule has 0 bridgehead atoms. The van der Waals surface area contributed by atoms with Gasteiger partial charge in [-0.25, -0.2) is 4.39 Å². The molecule has 0 atom stereocenters. The molecule has 2 nitrogen and oxygen atoms in total. The van der Waals surface area contributed by atoms with Crippen molar-refractivity contribution < 1.29 is 9.50 Å². The Morgan fingerprint density at radius 3 is 2.33 bits per heavy atom. The molecular formula is C11H9ClFNO. The maximum absolute atomic E-state index is 13.3. The summed E-state index contributed by atoms with van der Waals surface area (Å²) in [6, 6.07) is 7.97. The summed E-state index contributed by atoms with van der Waals surface area (Å²) in [6.45, 7) is 0. The number of nitrogens with zero attached hydrogens (tertiary/aromatic N) is 1. The largest absolute Gasteiger partial charge is 0.508 e. The maximum Gasteiger partial charge on any atom is 0.149 e. The van der Waals surface area contributed by atoms with Gasteiger partial charge in [0.1, 0.15) is 11.6 Å². The van der Waals surface area contributed by atoms with Crippen molar-refractivity contribution >= 4 is 12.4 Å². The summed E-state index contributed by atoms with van der Waals surface area (Å²) in [5.41, 5.74) is 1.21. The average Bonchev–Trinajstić information content (AvgIpc) is 2.20. The first-order valence-corrected chi connectivity index (χ1v) is 4.16. The number of pyridine rings is 1. The molecule has 0 aliphatic heterocycles. The average molecular weight is 226 g/mol. The van der Waals surface area contributed by atoms with Crippen LogP contribution in [0, 0.1) is 5.82 Å². The van der Waals surface area contributed by atoms with Crippen LogP contribution in [0.4, 0.5) is 4.39 Å². The first-order chi connectivity index (χ1) is 6.77. The fourth-order valence-corrected chi connectivity index (χ4v) is 1.25. The topological polar surface area (TPSA) is 33.1 Å². The van der Waals surface area contributed by atoms with Gasteiger partial charge in [-0.3, -0.25) is 4.98 Å². The van der Waals surface area contributed by atoms with Gasteiger partial charge >= 0.3 is 0 Å². The van der Waals surface area contributed by atoms with Gasteiger partial charge in [0.25, 0.3) is 0 Å². The summed E-state index contributed by atoms with van der Waals surface area (Å²) >= 11 is 0. The summed E-state index contributed by atoms with van der Waals surface area (Å²) < 4.78 is 13.3. The predicted octanol–water partition coefficient (Wildman–Crippen LogP) is 3.02. The summed E-state index contributed by atoms with van der Waals surface area (Å²) in [7, 11) is 0. The Bertz CT molecular complexity index is 445. The third-order valence-corrected chi connectivity index (χ3v) is 1.95. The molecule has 78 valence electrons. The highest BCUT2D eigenvalue weighted by atomic mass is 35.5. The number of benzene rings is 1. The van der Waals surface area contributed by atoms with Gasteiger partial charge in [-0.1, -0.05) is 12.1 Å². The number of aromatic nitrogens is 1. The standard InChI is InChI=1S/C11H8FNO.ClH/c12-11-7-13-6-5-10(11)8-1-3-9(14)4-2-8;/h1-7,14H;1H. The van der Waals surface area contributed by atoms with Crippen molar-refractivity contribution in [2.75, 3.05) is 0 Å². The molecule has 0 saturated heterocycles. The Morgan fingerprint density at radius 2 is 1.73 bits per heavy atom. The second kappa shape index (κ2) is 4.75. The number of halogens is 2. The van der Waals surface area contributed by atoms with E-state index in [0.717, 1.165) is 5.56 Å². The van der Waals surface area contributed by atoms with Crippen LogP contribution < -0.4 is 0 Å². The molecular weight excluding hydrogens is 217 g/mol. The first-order valence-electron chi connectivity index (χ1n) is 4.16. The van der Waals surface area contributed by atoms with E-state index in [-0.39, 0.29) is 24.0 Å². The molecule has 1 N–H and O–H groups in total. The van der Waals surface area contributed by atoms with Gasteiger partial charge in [-0.05, 0) is 23.8 Å². The second-order valence-electron chi connectivity index (χ2n) is 2.90. The molecule has 0 spiro atoms. The second-order valence-corrected chi connectivity index (χ2v) is 2.90. The van der Waals surface area contributed by atoms with Gasteiger partial charge in [0.15, 0.2) is 0 Å². The molecule has 2 aromatic rings. The van der Waals surface area contributed by atoms with Crippen LogP contribution in [-0.2, 0) is 0 Å². The molecule has 0 unspecified atom stereocenters. The fraction of sp³-hybridized carbons (Fsp3) is 0. The summed E-state index contributed by atoms with van der Waals surface area (Å²) in [5.74, 6) is -0.193. The van der Waals surface area contributed by atoms with Crippen LogP contribution in [0.1, 0.15) is 0 Å². The number of hydrogen-bond donors (Lipinski definition) is 1. The minimum Gasteiger partial charge on any atom is -0.508 e. The van der Waals surface area contributed by atoms with Gasteiger partial charge in [0.05, 0.1) is 6.20 Å². The Hall–Kier alpha value is -1.61. The summed E-state index contributed by atoms with van der Waals surface area (Å²) in [4.78, 5) is 3.66. The first kappa shape index (κ1) is 11.5. The number of phenols is 1. The zero-order chi connectivity index (χ0) is 9.97. The van der Waals surface area contributed by atoms with E-state index in [0.29, 0.717) is 5.56 Å². The third kappa shape index (κ3) is 2.44. The normalized spacial score (nSPS) is 9.40. The SMILES string of the molecule is Cl.Oc1ccc(-c2ccncc2F)cc1. The lowest BCUT2D eigenvalue weighted by Crippen LogP contribution is -1.84. The van der Waals surface area contributed by atoms with E-state index in [1.165, 1.54) is 24.5 Å². The molecule has 4 heteroatoms. The van der Waals surface area contributed by atoms with E-state index in [9.17, 15) is 4.39 Å². The number of hydrogen-bond acceptors (Lipinski definition) is 2. The molecule has 15 heavy (non-hydrogen) atoms. The van der Waals surface area contributed by atoms with Crippen LogP contribution in [-0.4, -0.2) is 10.1 Å². The minimum absolute atomic E-state index is 0. The van der Waals surface area contributed by atoms with Crippen LogP contribution >= 0.6 is 12.4 Å². The molecule has 0 fully saturated rings. The minimum atomic E-state index is -0.363. The third-order valence-electron chi connectivity index (χ3n) is 1.95. The number of phenolic OH excluding ortho intramolecular Hbond substituents is 1. The number of rotatable bonds is 1. The smallest absolute Gasteiger partial charge is 0.149 e. The quantitative estimate of drug-likeness (QED) is 0.809. The van der Waals surface area contributed by atoms with Crippen molar-refractivity contribution in [2.45, 2.75) is 0 Å². The molecule has 1 aromatic heterocycles. The van der Waals surface area contributed by atoms with Gasteiger partial charge in [-0.15, -0.1) is 12.4 Å². The van der Waals surface area contributed by atoms with Crippen molar-refractivity contribution in [3.05, 3.63) is 48.5 Å². The highest BCUT2D eigenvalue weighted by Crippen LogP contribution is 2.23. The zero-order valence-corrected chi connectivity index (χ0v) is 8.54. The van der Waals surface area contributed by atoms with E-state index >= 15 is 0 Å². The zero-order valence-electron chi connectivity index (χ0n) is 7.72. The molecule has 0 aliphatic rings. The Balaban J connectivity index is 0.00000112. The molecule has 0 aliphatic carbocycles.